The van der Waals surface area contributed by atoms with Crippen molar-refractivity contribution in [2.75, 3.05) is 0 Å². The predicted octanol–water partition coefficient (Wildman–Crippen LogP) is 2.32. The Morgan fingerprint density at radius 3 is 3.00 bits per heavy atom. The summed E-state index contributed by atoms with van der Waals surface area (Å²) >= 11 is 1.46. The molecule has 0 fully saturated rings. The number of hydrogen-bond acceptors (Lipinski definition) is 4. The van der Waals surface area contributed by atoms with Crippen molar-refractivity contribution in [2.45, 2.75) is 9.96 Å². The van der Waals surface area contributed by atoms with E-state index in [0.29, 0.717) is 11.4 Å². The molecule has 0 saturated carbocycles. The Bertz CT molecular complexity index is 543. The van der Waals surface area contributed by atoms with Crippen LogP contribution in [0.1, 0.15) is 11.3 Å². The minimum absolute atomic E-state index is 0.344. The van der Waals surface area contributed by atoms with Crippen molar-refractivity contribution in [3.63, 3.8) is 0 Å². The molecular weight excluding hydrogens is 240 g/mol. The maximum absolute atomic E-state index is 11.9. The maximum atomic E-state index is 11.9. The molecule has 5 heteroatoms. The molecule has 0 aliphatic rings. The number of thiophene rings is 1. The zero-order valence-corrected chi connectivity index (χ0v) is 9.92. The summed E-state index contributed by atoms with van der Waals surface area (Å²) in [6, 6.07) is 9.25. The van der Waals surface area contributed by atoms with E-state index in [1.807, 2.05) is 23.6 Å². The molecule has 0 saturated heterocycles. The van der Waals surface area contributed by atoms with Gasteiger partial charge >= 0.3 is 0 Å². The zero-order chi connectivity index (χ0) is 11.4. The molecule has 0 aromatic carbocycles. The lowest BCUT2D eigenvalue weighted by Gasteiger charge is -2.01. The van der Waals surface area contributed by atoms with Gasteiger partial charge < -0.3 is 0 Å². The molecule has 2 heterocycles. The second kappa shape index (κ2) is 5.01. The van der Waals surface area contributed by atoms with E-state index in [2.05, 4.69) is 4.98 Å². The Morgan fingerprint density at radius 2 is 2.31 bits per heavy atom. The van der Waals surface area contributed by atoms with Gasteiger partial charge in [0.25, 0.3) is 0 Å². The van der Waals surface area contributed by atoms with Crippen molar-refractivity contribution in [1.82, 2.24) is 4.98 Å². The van der Waals surface area contributed by atoms with Crippen LogP contribution in [0.3, 0.4) is 0 Å². The van der Waals surface area contributed by atoms with Gasteiger partial charge in [0.05, 0.1) is 20.8 Å². The van der Waals surface area contributed by atoms with E-state index in [0.717, 1.165) is 9.77 Å². The number of nitriles is 1. The SMILES string of the molecule is N#Cc1ncccc1CS(=O)c1cccs1. The molecule has 0 aliphatic carbocycles. The summed E-state index contributed by atoms with van der Waals surface area (Å²) < 4.78 is 12.8. The second-order valence-electron chi connectivity index (χ2n) is 3.04. The number of pyridine rings is 1. The minimum atomic E-state index is -1.09. The molecule has 0 spiro atoms. The maximum Gasteiger partial charge on any atom is 0.144 e. The summed E-state index contributed by atoms with van der Waals surface area (Å²) in [6.07, 6.45) is 1.57. The quantitative estimate of drug-likeness (QED) is 0.837. The van der Waals surface area contributed by atoms with Crippen LogP contribution >= 0.6 is 11.3 Å². The van der Waals surface area contributed by atoms with Crippen LogP contribution in [0.2, 0.25) is 0 Å². The van der Waals surface area contributed by atoms with Gasteiger partial charge in [0, 0.05) is 11.8 Å². The summed E-state index contributed by atoms with van der Waals surface area (Å²) in [7, 11) is -1.09. The van der Waals surface area contributed by atoms with E-state index in [-0.39, 0.29) is 0 Å². The van der Waals surface area contributed by atoms with E-state index in [4.69, 9.17) is 5.26 Å². The third-order valence-electron chi connectivity index (χ3n) is 2.00. The van der Waals surface area contributed by atoms with Gasteiger partial charge in [0.1, 0.15) is 11.8 Å². The lowest BCUT2D eigenvalue weighted by molar-refractivity contribution is 0.684. The first-order valence-corrected chi connectivity index (χ1v) is 6.77. The molecule has 1 atom stereocenters. The van der Waals surface area contributed by atoms with Gasteiger partial charge in [-0.1, -0.05) is 12.1 Å². The third-order valence-corrected chi connectivity index (χ3v) is 4.67. The molecule has 16 heavy (non-hydrogen) atoms. The Balaban J connectivity index is 2.22. The first-order chi connectivity index (χ1) is 7.81. The Hall–Kier alpha value is -1.51. The van der Waals surface area contributed by atoms with Crippen molar-refractivity contribution in [3.05, 3.63) is 47.1 Å². The van der Waals surface area contributed by atoms with Crippen LogP contribution in [-0.2, 0) is 16.6 Å². The summed E-state index contributed by atoms with van der Waals surface area (Å²) in [4.78, 5) is 3.94. The molecule has 2 aromatic rings. The fourth-order valence-electron chi connectivity index (χ4n) is 1.26. The molecule has 0 radical (unpaired) electrons. The molecular formula is C11H8N2OS2. The second-order valence-corrected chi connectivity index (χ2v) is 5.67. The topological polar surface area (TPSA) is 53.8 Å². The number of rotatable bonds is 3. The summed E-state index contributed by atoms with van der Waals surface area (Å²) in [5, 5.41) is 10.7. The highest BCUT2D eigenvalue weighted by molar-refractivity contribution is 7.86. The van der Waals surface area contributed by atoms with Crippen molar-refractivity contribution < 1.29 is 4.21 Å². The van der Waals surface area contributed by atoms with Crippen LogP contribution in [-0.4, -0.2) is 9.19 Å². The first-order valence-electron chi connectivity index (χ1n) is 4.57. The average molecular weight is 248 g/mol. The molecule has 0 amide bonds. The largest absolute Gasteiger partial charge is 0.253 e. The smallest absolute Gasteiger partial charge is 0.144 e. The van der Waals surface area contributed by atoms with E-state index < -0.39 is 10.8 Å². The van der Waals surface area contributed by atoms with Gasteiger partial charge in [-0.25, -0.2) is 4.98 Å². The van der Waals surface area contributed by atoms with Crippen molar-refractivity contribution in [2.24, 2.45) is 0 Å². The van der Waals surface area contributed by atoms with E-state index in [1.54, 1.807) is 18.3 Å². The molecule has 2 aromatic heterocycles. The van der Waals surface area contributed by atoms with E-state index in [9.17, 15) is 4.21 Å². The third kappa shape index (κ3) is 2.35. The van der Waals surface area contributed by atoms with Gasteiger partial charge in [-0.15, -0.1) is 11.3 Å². The van der Waals surface area contributed by atoms with E-state index >= 15 is 0 Å². The van der Waals surface area contributed by atoms with E-state index in [1.165, 1.54) is 11.3 Å². The van der Waals surface area contributed by atoms with Gasteiger partial charge in [0.15, 0.2) is 0 Å². The highest BCUT2D eigenvalue weighted by atomic mass is 32.2. The Morgan fingerprint density at radius 1 is 1.44 bits per heavy atom. The van der Waals surface area contributed by atoms with Gasteiger partial charge in [-0.2, -0.15) is 5.26 Å². The standard InChI is InChI=1S/C11H8N2OS2/c12-7-10-9(3-1-5-13-10)8-16(14)11-4-2-6-15-11/h1-6H,8H2. The minimum Gasteiger partial charge on any atom is -0.253 e. The number of nitrogens with zero attached hydrogens (tertiary/aromatic N) is 2. The lowest BCUT2D eigenvalue weighted by atomic mass is 10.2. The Kier molecular flexibility index (Phi) is 3.44. The Labute approximate surface area is 99.8 Å². The number of hydrogen-bond donors (Lipinski definition) is 0. The van der Waals surface area contributed by atoms with Crippen molar-refractivity contribution >= 4 is 22.1 Å². The number of aromatic nitrogens is 1. The summed E-state index contributed by atoms with van der Waals surface area (Å²) in [5.41, 5.74) is 1.09. The highest BCUT2D eigenvalue weighted by Gasteiger charge is 2.09. The monoisotopic (exact) mass is 248 g/mol. The van der Waals surface area contributed by atoms with Gasteiger partial charge in [-0.05, 0) is 17.5 Å². The predicted molar refractivity (Wildman–Crippen MR) is 63.4 cm³/mol. The first kappa shape index (κ1) is 11.0. The average Bonchev–Trinajstić information content (AvgIpc) is 2.83. The summed E-state index contributed by atoms with van der Waals surface area (Å²) in [5.74, 6) is 0.344. The van der Waals surface area contributed by atoms with Crippen LogP contribution < -0.4 is 0 Å². The van der Waals surface area contributed by atoms with Gasteiger partial charge in [-0.3, -0.25) is 4.21 Å². The molecule has 2 rings (SSSR count). The van der Waals surface area contributed by atoms with Crippen LogP contribution in [0, 0.1) is 11.3 Å². The lowest BCUT2D eigenvalue weighted by Crippen LogP contribution is -1.98. The molecule has 0 bridgehead atoms. The molecule has 0 N–H and O–H groups in total. The summed E-state index contributed by atoms with van der Waals surface area (Å²) in [6.45, 7) is 0. The van der Waals surface area contributed by atoms with Crippen LogP contribution in [0.15, 0.2) is 40.1 Å². The molecule has 80 valence electrons. The zero-order valence-electron chi connectivity index (χ0n) is 8.29. The molecule has 0 aliphatic heterocycles. The molecule has 1 unspecified atom stereocenters. The highest BCUT2D eigenvalue weighted by Crippen LogP contribution is 2.18. The van der Waals surface area contributed by atoms with Crippen LogP contribution in [0.4, 0.5) is 0 Å². The van der Waals surface area contributed by atoms with Crippen LogP contribution in [0.25, 0.3) is 0 Å². The van der Waals surface area contributed by atoms with Crippen molar-refractivity contribution in [3.8, 4) is 6.07 Å². The van der Waals surface area contributed by atoms with Crippen LogP contribution in [0.5, 0.6) is 0 Å². The fourth-order valence-corrected chi connectivity index (χ4v) is 3.37. The van der Waals surface area contributed by atoms with Gasteiger partial charge in [0.2, 0.25) is 0 Å². The molecule has 3 nitrogen and oxygen atoms in total. The van der Waals surface area contributed by atoms with Crippen molar-refractivity contribution in [1.29, 1.82) is 5.26 Å². The fraction of sp³-hybridized carbons (Fsp3) is 0.0909. The normalized spacial score (nSPS) is 11.9.